The summed E-state index contributed by atoms with van der Waals surface area (Å²) < 4.78 is 4.94. The summed E-state index contributed by atoms with van der Waals surface area (Å²) in [6.45, 7) is 3.38. The van der Waals surface area contributed by atoms with Crippen molar-refractivity contribution < 1.29 is 19.4 Å². The van der Waals surface area contributed by atoms with Crippen molar-refractivity contribution in [2.75, 3.05) is 6.61 Å². The van der Waals surface area contributed by atoms with E-state index >= 15 is 0 Å². The zero-order valence-electron chi connectivity index (χ0n) is 9.82. The zero-order chi connectivity index (χ0) is 12.6. The Morgan fingerprint density at radius 3 is 2.76 bits per heavy atom. The van der Waals surface area contributed by atoms with Gasteiger partial charge in [-0.3, -0.25) is 4.79 Å². The second-order valence-electron chi connectivity index (χ2n) is 4.21. The monoisotopic (exact) mass is 234 g/mol. The number of hydrogen-bond acceptors (Lipinski definition) is 4. The molecular formula is C13H14O4. The Balaban J connectivity index is 2.66. The Morgan fingerprint density at radius 1 is 1.47 bits per heavy atom. The molecule has 0 radical (unpaired) electrons. The standard InChI is InChI=1S/C13H14O4/c1-7(14)9-5-11(8(2)15)10-3-4-17-13(16)12(10)6-9/h5-6,8,15H,3-4H2,1-2H3. The summed E-state index contributed by atoms with van der Waals surface area (Å²) in [6, 6.07) is 3.20. The van der Waals surface area contributed by atoms with Gasteiger partial charge in [0.15, 0.2) is 5.78 Å². The van der Waals surface area contributed by atoms with Crippen LogP contribution in [0, 0.1) is 0 Å². The molecule has 1 heterocycles. The van der Waals surface area contributed by atoms with Gasteiger partial charge in [-0.05, 0) is 37.1 Å². The highest BCUT2D eigenvalue weighted by molar-refractivity contribution is 5.99. The van der Waals surface area contributed by atoms with E-state index in [4.69, 9.17) is 4.74 Å². The van der Waals surface area contributed by atoms with E-state index in [1.54, 1.807) is 19.1 Å². The van der Waals surface area contributed by atoms with Crippen molar-refractivity contribution in [2.24, 2.45) is 0 Å². The molecule has 1 atom stereocenters. The van der Waals surface area contributed by atoms with Crippen molar-refractivity contribution in [2.45, 2.75) is 26.4 Å². The Kier molecular flexibility index (Phi) is 2.98. The number of aliphatic hydroxyl groups excluding tert-OH is 1. The first kappa shape index (κ1) is 11.8. The molecule has 0 spiro atoms. The maximum absolute atomic E-state index is 11.6. The number of rotatable bonds is 2. The maximum atomic E-state index is 11.6. The van der Waals surface area contributed by atoms with Gasteiger partial charge in [-0.25, -0.2) is 4.79 Å². The topological polar surface area (TPSA) is 63.6 Å². The quantitative estimate of drug-likeness (QED) is 0.624. The number of Topliss-reactive ketones (excluding diaryl/α,β-unsaturated/α-hetero) is 1. The van der Waals surface area contributed by atoms with Gasteiger partial charge >= 0.3 is 5.97 Å². The number of ether oxygens (including phenoxy) is 1. The molecule has 0 fully saturated rings. The summed E-state index contributed by atoms with van der Waals surface area (Å²) in [5.74, 6) is -0.552. The molecule has 0 aliphatic carbocycles. The summed E-state index contributed by atoms with van der Waals surface area (Å²) in [7, 11) is 0. The van der Waals surface area contributed by atoms with E-state index < -0.39 is 12.1 Å². The van der Waals surface area contributed by atoms with Gasteiger partial charge in [-0.1, -0.05) is 0 Å². The lowest BCUT2D eigenvalue weighted by atomic mass is 9.91. The highest BCUT2D eigenvalue weighted by Gasteiger charge is 2.24. The van der Waals surface area contributed by atoms with Gasteiger partial charge in [0.05, 0.1) is 18.3 Å². The molecule has 1 aliphatic heterocycles. The van der Waals surface area contributed by atoms with Crippen LogP contribution in [0.25, 0.3) is 0 Å². The minimum Gasteiger partial charge on any atom is -0.462 e. The number of hydrogen-bond donors (Lipinski definition) is 1. The molecular weight excluding hydrogens is 220 g/mol. The number of aliphatic hydroxyl groups is 1. The molecule has 4 heteroatoms. The second kappa shape index (κ2) is 4.30. The summed E-state index contributed by atoms with van der Waals surface area (Å²) in [5.41, 5.74) is 2.27. The van der Waals surface area contributed by atoms with Gasteiger partial charge in [-0.15, -0.1) is 0 Å². The number of carbonyl (C=O) groups is 2. The largest absolute Gasteiger partial charge is 0.462 e. The van der Waals surface area contributed by atoms with Crippen LogP contribution < -0.4 is 0 Å². The van der Waals surface area contributed by atoms with Crippen LogP contribution in [0.15, 0.2) is 12.1 Å². The number of carbonyl (C=O) groups excluding carboxylic acids is 2. The van der Waals surface area contributed by atoms with Gasteiger partial charge in [0.1, 0.15) is 0 Å². The molecule has 17 heavy (non-hydrogen) atoms. The van der Waals surface area contributed by atoms with E-state index in [2.05, 4.69) is 0 Å². The number of ketones is 1. The van der Waals surface area contributed by atoms with E-state index in [1.807, 2.05) is 0 Å². The molecule has 4 nitrogen and oxygen atoms in total. The van der Waals surface area contributed by atoms with Crippen molar-refractivity contribution >= 4 is 11.8 Å². The average molecular weight is 234 g/mol. The van der Waals surface area contributed by atoms with Gasteiger partial charge in [0.2, 0.25) is 0 Å². The first-order chi connectivity index (χ1) is 8.00. The van der Waals surface area contributed by atoms with Crippen LogP contribution in [-0.4, -0.2) is 23.5 Å². The molecule has 1 aromatic carbocycles. The van der Waals surface area contributed by atoms with Crippen LogP contribution in [0.2, 0.25) is 0 Å². The van der Waals surface area contributed by atoms with E-state index in [0.717, 1.165) is 5.56 Å². The van der Waals surface area contributed by atoms with Crippen LogP contribution in [0.5, 0.6) is 0 Å². The summed E-state index contributed by atoms with van der Waals surface area (Å²) in [6.07, 6.45) is -0.117. The molecule has 1 unspecified atom stereocenters. The summed E-state index contributed by atoms with van der Waals surface area (Å²) in [5, 5.41) is 9.71. The Hall–Kier alpha value is -1.68. The number of benzene rings is 1. The highest BCUT2D eigenvalue weighted by Crippen LogP contribution is 2.27. The average Bonchev–Trinajstić information content (AvgIpc) is 2.28. The lowest BCUT2D eigenvalue weighted by molar-refractivity contribution is 0.0478. The SMILES string of the molecule is CC(=O)c1cc2c(c(C(C)O)c1)CCOC2=O. The first-order valence-electron chi connectivity index (χ1n) is 5.53. The van der Waals surface area contributed by atoms with Crippen LogP contribution >= 0.6 is 0 Å². The van der Waals surface area contributed by atoms with E-state index in [-0.39, 0.29) is 5.78 Å². The molecule has 0 saturated carbocycles. The fourth-order valence-corrected chi connectivity index (χ4v) is 2.06. The smallest absolute Gasteiger partial charge is 0.338 e. The van der Waals surface area contributed by atoms with Crippen molar-refractivity contribution in [1.29, 1.82) is 0 Å². The molecule has 2 rings (SSSR count). The fraction of sp³-hybridized carbons (Fsp3) is 0.385. The zero-order valence-corrected chi connectivity index (χ0v) is 9.82. The van der Waals surface area contributed by atoms with Gasteiger partial charge in [0, 0.05) is 12.0 Å². The molecule has 1 aromatic rings. The molecule has 1 N–H and O–H groups in total. The predicted molar refractivity (Wildman–Crippen MR) is 61.1 cm³/mol. The minimum absolute atomic E-state index is 0.131. The molecule has 0 amide bonds. The fourth-order valence-electron chi connectivity index (χ4n) is 2.06. The van der Waals surface area contributed by atoms with Crippen LogP contribution in [0.3, 0.4) is 0 Å². The lowest BCUT2D eigenvalue weighted by Crippen LogP contribution is -2.21. The van der Waals surface area contributed by atoms with E-state index in [9.17, 15) is 14.7 Å². The number of cyclic esters (lactones) is 1. The van der Waals surface area contributed by atoms with Crippen LogP contribution in [-0.2, 0) is 11.2 Å². The van der Waals surface area contributed by atoms with Crippen molar-refractivity contribution in [3.8, 4) is 0 Å². The van der Waals surface area contributed by atoms with Gasteiger partial charge in [0.25, 0.3) is 0 Å². The number of esters is 1. The highest BCUT2D eigenvalue weighted by atomic mass is 16.5. The molecule has 1 aliphatic rings. The summed E-state index contributed by atoms with van der Waals surface area (Å²) >= 11 is 0. The normalized spacial score (nSPS) is 16.1. The van der Waals surface area contributed by atoms with Crippen molar-refractivity contribution in [1.82, 2.24) is 0 Å². The molecule has 0 saturated heterocycles. The molecule has 0 bridgehead atoms. The molecule has 90 valence electrons. The van der Waals surface area contributed by atoms with E-state index in [0.29, 0.717) is 29.7 Å². The van der Waals surface area contributed by atoms with Crippen LogP contribution in [0.4, 0.5) is 0 Å². The second-order valence-corrected chi connectivity index (χ2v) is 4.21. The Morgan fingerprint density at radius 2 is 2.18 bits per heavy atom. The Bertz CT molecular complexity index is 488. The van der Waals surface area contributed by atoms with E-state index in [1.165, 1.54) is 6.92 Å². The van der Waals surface area contributed by atoms with Crippen molar-refractivity contribution in [3.05, 3.63) is 34.4 Å². The lowest BCUT2D eigenvalue weighted by Gasteiger charge is -2.21. The first-order valence-corrected chi connectivity index (χ1v) is 5.53. The van der Waals surface area contributed by atoms with Gasteiger partial charge < -0.3 is 9.84 Å². The van der Waals surface area contributed by atoms with Gasteiger partial charge in [-0.2, -0.15) is 0 Å². The third-order valence-electron chi connectivity index (χ3n) is 2.95. The summed E-state index contributed by atoms with van der Waals surface area (Å²) in [4.78, 5) is 23.0. The van der Waals surface area contributed by atoms with Crippen molar-refractivity contribution in [3.63, 3.8) is 0 Å². The maximum Gasteiger partial charge on any atom is 0.338 e. The predicted octanol–water partition coefficient (Wildman–Crippen LogP) is 1.66. The molecule has 0 aromatic heterocycles. The Labute approximate surface area is 99.2 Å². The third kappa shape index (κ3) is 2.08. The number of fused-ring (bicyclic) bond motifs is 1. The minimum atomic E-state index is -0.700. The van der Waals surface area contributed by atoms with Crippen LogP contribution in [0.1, 0.15) is 51.8 Å². The third-order valence-corrected chi connectivity index (χ3v) is 2.95.